The van der Waals surface area contributed by atoms with Crippen molar-refractivity contribution in [2.24, 2.45) is 0 Å². The summed E-state index contributed by atoms with van der Waals surface area (Å²) in [5.74, 6) is 0.0468. The maximum Gasteiger partial charge on any atom is 0.337 e. The van der Waals surface area contributed by atoms with Gasteiger partial charge in [0.25, 0.3) is 0 Å². The largest absolute Gasteiger partial charge is 0.465 e. The molecule has 0 aliphatic rings. The Morgan fingerprint density at radius 3 is 2.92 bits per heavy atom. The molecule has 0 saturated heterocycles. The summed E-state index contributed by atoms with van der Waals surface area (Å²) in [4.78, 5) is 34.4. The van der Waals surface area contributed by atoms with Crippen molar-refractivity contribution in [3.05, 3.63) is 47.1 Å². The third-order valence-corrected chi connectivity index (χ3v) is 5.52. The topological polar surface area (TPSA) is 81.2 Å². The Hall–Kier alpha value is -2.45. The van der Waals surface area contributed by atoms with Gasteiger partial charge in [0.05, 0.1) is 12.7 Å². The lowest BCUT2D eigenvalue weighted by atomic mass is 10.2. The molecular formula is C18H17N3O3S2. The molecule has 6 nitrogen and oxygen atoms in total. The molecule has 0 fully saturated rings. The number of rotatable bonds is 6. The van der Waals surface area contributed by atoms with E-state index in [0.29, 0.717) is 23.4 Å². The average Bonchev–Trinajstić information content (AvgIpc) is 3.02. The van der Waals surface area contributed by atoms with Crippen molar-refractivity contribution in [1.82, 2.24) is 9.97 Å². The predicted octanol–water partition coefficient (Wildman–Crippen LogP) is 3.91. The van der Waals surface area contributed by atoms with Gasteiger partial charge in [-0.2, -0.15) is 0 Å². The van der Waals surface area contributed by atoms with Crippen LogP contribution < -0.4 is 5.32 Å². The second-order valence-electron chi connectivity index (χ2n) is 5.47. The lowest BCUT2D eigenvalue weighted by Gasteiger charge is -2.07. The number of amides is 1. The summed E-state index contributed by atoms with van der Waals surface area (Å²) in [7, 11) is 1.32. The van der Waals surface area contributed by atoms with Crippen LogP contribution in [0.15, 0.2) is 41.7 Å². The first-order chi connectivity index (χ1) is 12.6. The fourth-order valence-corrected chi connectivity index (χ4v) is 4.20. The molecule has 0 unspecified atom stereocenters. The summed E-state index contributed by atoms with van der Waals surface area (Å²) in [5, 5.41) is 4.72. The van der Waals surface area contributed by atoms with Gasteiger partial charge in [0.1, 0.15) is 16.2 Å². The molecule has 2 heterocycles. The van der Waals surface area contributed by atoms with Crippen LogP contribution in [-0.2, 0) is 9.53 Å². The second kappa shape index (κ2) is 8.29. The number of thioether (sulfide) groups is 1. The van der Waals surface area contributed by atoms with E-state index in [0.717, 1.165) is 15.2 Å². The van der Waals surface area contributed by atoms with Gasteiger partial charge in [-0.3, -0.25) is 4.79 Å². The van der Waals surface area contributed by atoms with Gasteiger partial charge in [0.2, 0.25) is 5.91 Å². The van der Waals surface area contributed by atoms with E-state index >= 15 is 0 Å². The Kier molecular flexibility index (Phi) is 5.85. The number of carbonyl (C=O) groups excluding carboxylic acids is 2. The van der Waals surface area contributed by atoms with E-state index in [1.54, 1.807) is 41.9 Å². The van der Waals surface area contributed by atoms with Gasteiger partial charge in [-0.1, -0.05) is 6.07 Å². The van der Waals surface area contributed by atoms with Crippen molar-refractivity contribution in [1.29, 1.82) is 0 Å². The predicted molar refractivity (Wildman–Crippen MR) is 104 cm³/mol. The van der Waals surface area contributed by atoms with Gasteiger partial charge in [-0.05, 0) is 31.2 Å². The number of hydrogen-bond donors (Lipinski definition) is 1. The average molecular weight is 387 g/mol. The SMILES string of the molecule is COC(=O)c1cccc(NC(=O)CCSc2ncnc3sc(C)cc23)c1. The van der Waals surface area contributed by atoms with Crippen molar-refractivity contribution in [2.45, 2.75) is 18.4 Å². The molecule has 0 bridgehead atoms. The number of aryl methyl sites for hydroxylation is 1. The fourth-order valence-electron chi connectivity index (χ4n) is 2.38. The number of nitrogens with zero attached hydrogens (tertiary/aromatic N) is 2. The molecule has 1 amide bonds. The molecular weight excluding hydrogens is 370 g/mol. The van der Waals surface area contributed by atoms with E-state index in [9.17, 15) is 9.59 Å². The molecule has 0 atom stereocenters. The van der Waals surface area contributed by atoms with Crippen LogP contribution in [0, 0.1) is 6.92 Å². The van der Waals surface area contributed by atoms with Gasteiger partial charge >= 0.3 is 5.97 Å². The number of aromatic nitrogens is 2. The van der Waals surface area contributed by atoms with Crippen LogP contribution >= 0.6 is 23.1 Å². The van der Waals surface area contributed by atoms with Crippen LogP contribution in [-0.4, -0.2) is 34.7 Å². The van der Waals surface area contributed by atoms with E-state index in [1.165, 1.54) is 23.7 Å². The summed E-state index contributed by atoms with van der Waals surface area (Å²) in [6.07, 6.45) is 1.89. The van der Waals surface area contributed by atoms with E-state index in [1.807, 2.05) is 6.92 Å². The van der Waals surface area contributed by atoms with Crippen LogP contribution in [0.5, 0.6) is 0 Å². The van der Waals surface area contributed by atoms with Crippen molar-refractivity contribution in [2.75, 3.05) is 18.2 Å². The number of anilines is 1. The summed E-state index contributed by atoms with van der Waals surface area (Å²) < 4.78 is 4.68. The summed E-state index contributed by atoms with van der Waals surface area (Å²) >= 11 is 3.17. The number of carbonyl (C=O) groups is 2. The molecule has 0 radical (unpaired) electrons. The van der Waals surface area contributed by atoms with Gasteiger partial charge in [-0.15, -0.1) is 23.1 Å². The van der Waals surface area contributed by atoms with E-state index in [4.69, 9.17) is 0 Å². The number of ether oxygens (including phenoxy) is 1. The first kappa shape index (κ1) is 18.3. The molecule has 3 rings (SSSR count). The van der Waals surface area contributed by atoms with Crippen LogP contribution in [0.3, 0.4) is 0 Å². The molecule has 1 aromatic carbocycles. The van der Waals surface area contributed by atoms with Crippen LogP contribution in [0.4, 0.5) is 5.69 Å². The van der Waals surface area contributed by atoms with Gasteiger partial charge in [-0.25, -0.2) is 14.8 Å². The van der Waals surface area contributed by atoms with Crippen molar-refractivity contribution >= 4 is 50.9 Å². The van der Waals surface area contributed by atoms with Crippen molar-refractivity contribution in [3.8, 4) is 0 Å². The number of hydrogen-bond acceptors (Lipinski definition) is 7. The number of fused-ring (bicyclic) bond motifs is 1. The quantitative estimate of drug-likeness (QED) is 0.392. The Labute approximate surface area is 159 Å². The smallest absolute Gasteiger partial charge is 0.337 e. The number of thiophene rings is 1. The number of esters is 1. The molecule has 8 heteroatoms. The third-order valence-electron chi connectivity index (χ3n) is 3.55. The Bertz CT molecular complexity index is 956. The molecule has 3 aromatic rings. The lowest BCUT2D eigenvalue weighted by Crippen LogP contribution is -2.13. The minimum Gasteiger partial charge on any atom is -0.465 e. The highest BCUT2D eigenvalue weighted by Gasteiger charge is 2.10. The van der Waals surface area contributed by atoms with Crippen LogP contribution in [0.25, 0.3) is 10.2 Å². The van der Waals surface area contributed by atoms with Gasteiger partial charge in [0, 0.05) is 28.1 Å². The molecule has 0 saturated carbocycles. The third kappa shape index (κ3) is 4.39. The summed E-state index contributed by atoms with van der Waals surface area (Å²) in [5.41, 5.74) is 0.969. The molecule has 0 aliphatic carbocycles. The first-order valence-electron chi connectivity index (χ1n) is 7.89. The van der Waals surface area contributed by atoms with Crippen molar-refractivity contribution in [3.63, 3.8) is 0 Å². The zero-order valence-corrected chi connectivity index (χ0v) is 15.9. The number of methoxy groups -OCH3 is 1. The first-order valence-corrected chi connectivity index (χ1v) is 9.69. The van der Waals surface area contributed by atoms with Gasteiger partial charge in [0.15, 0.2) is 0 Å². The van der Waals surface area contributed by atoms with Crippen LogP contribution in [0.2, 0.25) is 0 Å². The zero-order valence-electron chi connectivity index (χ0n) is 14.3. The fraction of sp³-hybridized carbons (Fsp3) is 0.222. The Morgan fingerprint density at radius 1 is 1.27 bits per heavy atom. The number of benzene rings is 1. The molecule has 0 aliphatic heterocycles. The minimum absolute atomic E-state index is 0.119. The number of nitrogens with one attached hydrogen (secondary N) is 1. The maximum absolute atomic E-state index is 12.1. The molecule has 0 spiro atoms. The summed E-state index contributed by atoms with van der Waals surface area (Å²) in [6.45, 7) is 2.04. The summed E-state index contributed by atoms with van der Waals surface area (Å²) in [6, 6.07) is 8.74. The van der Waals surface area contributed by atoms with E-state index in [2.05, 4.69) is 26.1 Å². The highest BCUT2D eigenvalue weighted by Crippen LogP contribution is 2.30. The lowest BCUT2D eigenvalue weighted by molar-refractivity contribution is -0.115. The standard InChI is InChI=1S/C18H17N3O3S2/c1-11-8-14-16(19-10-20-17(14)26-11)25-7-6-15(22)21-13-5-3-4-12(9-13)18(23)24-2/h3-5,8-10H,6-7H2,1-2H3,(H,21,22). The zero-order chi connectivity index (χ0) is 18.5. The second-order valence-corrected chi connectivity index (χ2v) is 7.79. The minimum atomic E-state index is -0.435. The Morgan fingerprint density at radius 2 is 2.12 bits per heavy atom. The molecule has 134 valence electrons. The highest BCUT2D eigenvalue weighted by atomic mass is 32.2. The van der Waals surface area contributed by atoms with E-state index < -0.39 is 5.97 Å². The van der Waals surface area contributed by atoms with Crippen molar-refractivity contribution < 1.29 is 14.3 Å². The molecule has 26 heavy (non-hydrogen) atoms. The van der Waals surface area contributed by atoms with Crippen LogP contribution in [0.1, 0.15) is 21.7 Å². The monoisotopic (exact) mass is 387 g/mol. The van der Waals surface area contributed by atoms with E-state index in [-0.39, 0.29) is 5.91 Å². The van der Waals surface area contributed by atoms with Gasteiger partial charge < -0.3 is 10.1 Å². The Balaban J connectivity index is 1.57. The molecule has 2 aromatic heterocycles. The maximum atomic E-state index is 12.1. The molecule has 1 N–H and O–H groups in total. The highest BCUT2D eigenvalue weighted by molar-refractivity contribution is 7.99. The normalized spacial score (nSPS) is 10.7.